The van der Waals surface area contributed by atoms with Gasteiger partial charge in [0.15, 0.2) is 8.32 Å². The third kappa shape index (κ3) is 4.38. The maximum absolute atomic E-state index is 11.8. The number of hydrogen-bond acceptors (Lipinski definition) is 2. The number of carbonyl (C=O) groups is 1. The molecule has 1 unspecified atom stereocenters. The molecule has 0 bridgehead atoms. The lowest BCUT2D eigenvalue weighted by Crippen LogP contribution is -2.30. The Labute approximate surface area is 89.6 Å². The van der Waals surface area contributed by atoms with Gasteiger partial charge in [0.05, 0.1) is 0 Å². The van der Waals surface area contributed by atoms with Gasteiger partial charge in [-0.05, 0) is 32.5 Å². The Morgan fingerprint density at radius 1 is 1.43 bits per heavy atom. The normalized spacial score (nSPS) is 31.1. The molecule has 0 radical (unpaired) electrons. The van der Waals surface area contributed by atoms with Gasteiger partial charge in [0, 0.05) is 20.3 Å². The van der Waals surface area contributed by atoms with Crippen molar-refractivity contribution in [2.24, 2.45) is 5.89 Å². The molecule has 2 nitrogen and oxygen atoms in total. The van der Waals surface area contributed by atoms with Crippen molar-refractivity contribution in [3.8, 4) is 0 Å². The topological polar surface area (TPSA) is 26.3 Å². The molecule has 1 fully saturated rings. The van der Waals surface area contributed by atoms with Gasteiger partial charge in [-0.2, -0.15) is 0 Å². The maximum atomic E-state index is 11.8. The fourth-order valence-electron chi connectivity index (χ4n) is 1.57. The van der Waals surface area contributed by atoms with Crippen molar-refractivity contribution in [1.29, 1.82) is 0 Å². The molecule has 1 saturated carbocycles. The van der Waals surface area contributed by atoms with E-state index < -0.39 is 14.2 Å². The van der Waals surface area contributed by atoms with Crippen molar-refractivity contribution in [2.45, 2.75) is 51.7 Å². The monoisotopic (exact) mass is 215 g/mol. The first-order chi connectivity index (χ1) is 6.83. The van der Waals surface area contributed by atoms with Crippen molar-refractivity contribution >= 4 is 14.1 Å². The molecule has 1 aliphatic carbocycles. The average Bonchev–Trinajstić information content (AvgIpc) is 2.27. The molecule has 0 aromatic rings. The molecule has 1 atom stereocenters. The van der Waals surface area contributed by atoms with Crippen LogP contribution in [-0.2, 0) is 9.22 Å². The lowest BCUT2D eigenvalue weighted by atomic mass is 10.0. The molecule has 1 aliphatic rings. The van der Waals surface area contributed by atoms with Crippen LogP contribution in [0.5, 0.6) is 0 Å². The third-order valence-electron chi connectivity index (χ3n) is 2.46. The summed E-state index contributed by atoms with van der Waals surface area (Å²) in [5.74, 6) is -0.866. The van der Waals surface area contributed by atoms with E-state index in [-0.39, 0.29) is 5.78 Å². The zero-order chi connectivity index (χ0) is 11.5. The van der Waals surface area contributed by atoms with Crippen LogP contribution in [0, 0.1) is 5.89 Å². The first-order valence-electron chi connectivity index (χ1n) is 6.01. The van der Waals surface area contributed by atoms with Gasteiger partial charge in [0.2, 0.25) is 0 Å². The molecule has 14 heavy (non-hydrogen) atoms. The van der Waals surface area contributed by atoms with Crippen LogP contribution in [0.2, 0.25) is 19.6 Å². The van der Waals surface area contributed by atoms with Crippen LogP contribution in [0.25, 0.3) is 0 Å². The molecule has 0 amide bonds. The SMILES string of the molecule is [2H]C1(CO[Si](C)(C)C)CCCCCC1=O. The summed E-state index contributed by atoms with van der Waals surface area (Å²) < 4.78 is 13.9. The van der Waals surface area contributed by atoms with Gasteiger partial charge in [-0.3, -0.25) is 4.79 Å². The van der Waals surface area contributed by atoms with E-state index >= 15 is 0 Å². The van der Waals surface area contributed by atoms with Crippen molar-refractivity contribution in [3.63, 3.8) is 0 Å². The van der Waals surface area contributed by atoms with E-state index in [1.54, 1.807) is 0 Å². The van der Waals surface area contributed by atoms with Gasteiger partial charge in [0.1, 0.15) is 5.78 Å². The smallest absolute Gasteiger partial charge is 0.183 e. The number of carbonyl (C=O) groups excluding carboxylic acids is 1. The van der Waals surface area contributed by atoms with Gasteiger partial charge in [-0.15, -0.1) is 0 Å². The largest absolute Gasteiger partial charge is 0.417 e. The lowest BCUT2D eigenvalue weighted by molar-refractivity contribution is -0.123. The van der Waals surface area contributed by atoms with Gasteiger partial charge in [-0.1, -0.05) is 12.8 Å². The minimum atomic E-state index is -1.61. The second-order valence-electron chi connectivity index (χ2n) is 4.99. The second kappa shape index (κ2) is 5.08. The molecule has 0 spiro atoms. The quantitative estimate of drug-likeness (QED) is 0.534. The molecule has 0 aromatic heterocycles. The predicted molar refractivity (Wildman–Crippen MR) is 60.9 cm³/mol. The first kappa shape index (κ1) is 10.4. The molecule has 0 aromatic carbocycles. The minimum Gasteiger partial charge on any atom is -0.417 e. The molecule has 0 N–H and O–H groups in total. The number of rotatable bonds is 3. The molecule has 0 aliphatic heterocycles. The van der Waals surface area contributed by atoms with Crippen LogP contribution >= 0.6 is 0 Å². The Bertz CT molecular complexity index is 237. The first-order valence-corrected chi connectivity index (χ1v) is 8.92. The lowest BCUT2D eigenvalue weighted by Gasteiger charge is -2.21. The van der Waals surface area contributed by atoms with Crippen molar-refractivity contribution < 1.29 is 10.6 Å². The Hall–Kier alpha value is -0.153. The Balaban J connectivity index is 2.58. The van der Waals surface area contributed by atoms with E-state index in [2.05, 4.69) is 19.6 Å². The summed E-state index contributed by atoms with van der Waals surface area (Å²) in [4.78, 5) is 11.8. The van der Waals surface area contributed by atoms with Crippen LogP contribution in [0.4, 0.5) is 0 Å². The Kier molecular flexibility index (Phi) is 3.76. The summed E-state index contributed by atoms with van der Waals surface area (Å²) in [5, 5.41) is 0. The van der Waals surface area contributed by atoms with E-state index in [1.807, 2.05) is 0 Å². The zero-order valence-corrected chi connectivity index (χ0v) is 10.6. The van der Waals surface area contributed by atoms with E-state index in [4.69, 9.17) is 5.80 Å². The average molecular weight is 215 g/mol. The fraction of sp³-hybridized carbons (Fsp3) is 0.909. The Morgan fingerprint density at radius 3 is 2.79 bits per heavy atom. The highest BCUT2D eigenvalue weighted by atomic mass is 28.4. The highest BCUT2D eigenvalue weighted by Gasteiger charge is 2.23. The van der Waals surface area contributed by atoms with Crippen molar-refractivity contribution in [1.82, 2.24) is 0 Å². The van der Waals surface area contributed by atoms with Crippen LogP contribution in [0.1, 0.15) is 33.5 Å². The molecule has 82 valence electrons. The highest BCUT2D eigenvalue weighted by molar-refractivity contribution is 6.69. The molecule has 1 rings (SSSR count). The molecular formula is C11H22O2Si. The van der Waals surface area contributed by atoms with Crippen LogP contribution in [-0.4, -0.2) is 20.7 Å². The van der Waals surface area contributed by atoms with Gasteiger partial charge < -0.3 is 4.43 Å². The number of Topliss-reactive ketones (excluding diaryl/α,β-unsaturated/α-hetero) is 1. The van der Waals surface area contributed by atoms with Crippen LogP contribution < -0.4 is 0 Å². The molecular weight excluding hydrogens is 192 g/mol. The van der Waals surface area contributed by atoms with Crippen molar-refractivity contribution in [2.75, 3.05) is 6.61 Å². The van der Waals surface area contributed by atoms with Gasteiger partial charge >= 0.3 is 0 Å². The number of hydrogen-bond donors (Lipinski definition) is 0. The fourth-order valence-corrected chi connectivity index (χ4v) is 2.18. The standard InChI is InChI=1S/C11H22O2Si/c1-14(2,3)13-9-10-7-5-4-6-8-11(10)12/h10H,4-9H2,1-3H3/i10D. The molecule has 0 saturated heterocycles. The van der Waals surface area contributed by atoms with E-state index in [9.17, 15) is 4.79 Å². The Morgan fingerprint density at radius 2 is 2.14 bits per heavy atom. The summed E-state index contributed by atoms with van der Waals surface area (Å²) in [6.45, 7) is 6.59. The molecule has 0 heterocycles. The van der Waals surface area contributed by atoms with Crippen LogP contribution in [0.15, 0.2) is 0 Å². The van der Waals surface area contributed by atoms with E-state index in [1.165, 1.54) is 0 Å². The zero-order valence-electron chi connectivity index (χ0n) is 10.6. The summed E-state index contributed by atoms with van der Waals surface area (Å²) in [6, 6.07) is 0. The maximum Gasteiger partial charge on any atom is 0.183 e. The van der Waals surface area contributed by atoms with E-state index in [0.717, 1.165) is 19.3 Å². The van der Waals surface area contributed by atoms with Gasteiger partial charge in [0.25, 0.3) is 0 Å². The van der Waals surface area contributed by atoms with Gasteiger partial charge in [-0.25, -0.2) is 0 Å². The van der Waals surface area contributed by atoms with E-state index in [0.29, 0.717) is 19.4 Å². The third-order valence-corrected chi connectivity index (χ3v) is 3.47. The number of ketones is 1. The summed E-state index contributed by atoms with van der Waals surface area (Å²) in [5.41, 5.74) is 0. The molecule has 3 heteroatoms. The van der Waals surface area contributed by atoms with Crippen molar-refractivity contribution in [3.05, 3.63) is 0 Å². The van der Waals surface area contributed by atoms with Crippen LogP contribution in [0.3, 0.4) is 0 Å². The second-order valence-corrected chi connectivity index (χ2v) is 9.50. The highest BCUT2D eigenvalue weighted by Crippen LogP contribution is 2.21. The summed E-state index contributed by atoms with van der Waals surface area (Å²) >= 11 is 0. The summed E-state index contributed by atoms with van der Waals surface area (Å²) in [7, 11) is -1.61. The minimum absolute atomic E-state index is 0.0817. The summed E-state index contributed by atoms with van der Waals surface area (Å²) in [6.07, 6.45) is 4.27. The predicted octanol–water partition coefficient (Wildman–Crippen LogP) is 2.99.